The van der Waals surface area contributed by atoms with E-state index >= 15 is 0 Å². The molecule has 2 aliphatic heterocycles. The predicted octanol–water partition coefficient (Wildman–Crippen LogP) is 3.52. The lowest BCUT2D eigenvalue weighted by molar-refractivity contribution is -0.140. The molecule has 0 bridgehead atoms. The van der Waals surface area contributed by atoms with Crippen molar-refractivity contribution in [2.75, 3.05) is 39.4 Å². The highest BCUT2D eigenvalue weighted by atomic mass is 16.5. The molecule has 1 N–H and O–H groups in total. The Balaban J connectivity index is 1.67. The van der Waals surface area contributed by atoms with E-state index in [-0.39, 0.29) is 16.7 Å². The van der Waals surface area contributed by atoms with Crippen LogP contribution in [0.5, 0.6) is 0 Å². The number of carbonyl (C=O) groups is 2. The molecule has 0 aliphatic carbocycles. The second-order valence-electron chi connectivity index (χ2n) is 9.91. The molecule has 0 saturated carbocycles. The highest BCUT2D eigenvalue weighted by Crippen LogP contribution is 2.40. The molecule has 34 heavy (non-hydrogen) atoms. The van der Waals surface area contributed by atoms with Crippen LogP contribution in [-0.2, 0) is 19.7 Å². The molecule has 7 nitrogen and oxygen atoms in total. The maximum Gasteiger partial charge on any atom is 0.295 e. The summed E-state index contributed by atoms with van der Waals surface area (Å²) >= 11 is 0. The van der Waals surface area contributed by atoms with E-state index in [4.69, 9.17) is 4.74 Å². The minimum absolute atomic E-state index is 0.0183. The largest absolute Gasteiger partial charge is 0.507 e. The van der Waals surface area contributed by atoms with E-state index in [2.05, 4.69) is 30.7 Å². The number of Topliss-reactive ketones (excluding diaryl/α,β-unsaturated/α-hetero) is 1. The molecule has 1 atom stereocenters. The first-order chi connectivity index (χ1) is 16.3. The van der Waals surface area contributed by atoms with Gasteiger partial charge < -0.3 is 14.7 Å². The molecule has 7 heteroatoms. The summed E-state index contributed by atoms with van der Waals surface area (Å²) in [5.41, 5.74) is 2.56. The number of pyridine rings is 1. The van der Waals surface area contributed by atoms with Gasteiger partial charge in [0.15, 0.2) is 0 Å². The SMILES string of the molecule is CC(C)(C)c1ccc([C@H]2C(=C(O)c3ccncc3)C(=O)C(=O)N2CCCN2CCOCC2)cc1. The van der Waals surface area contributed by atoms with E-state index in [9.17, 15) is 14.7 Å². The smallest absolute Gasteiger partial charge is 0.295 e. The second kappa shape index (κ2) is 10.1. The molecule has 2 fully saturated rings. The molecule has 1 amide bonds. The zero-order valence-electron chi connectivity index (χ0n) is 20.2. The standard InChI is InChI=1S/C27H33N3O4/c1-27(2,3)21-7-5-19(6-8-21)23-22(24(31)20-9-11-28-12-10-20)25(32)26(33)30(23)14-4-13-29-15-17-34-18-16-29/h5-12,23,31H,4,13-18H2,1-3H3/t23-/m0/s1. The monoisotopic (exact) mass is 463 g/mol. The molecule has 1 aromatic heterocycles. The first-order valence-corrected chi connectivity index (χ1v) is 11.9. The Kier molecular flexibility index (Phi) is 7.14. The first-order valence-electron chi connectivity index (χ1n) is 11.9. The molecular weight excluding hydrogens is 430 g/mol. The highest BCUT2D eigenvalue weighted by molar-refractivity contribution is 6.46. The Bertz CT molecular complexity index is 1050. The topological polar surface area (TPSA) is 83.0 Å². The van der Waals surface area contributed by atoms with E-state index in [0.717, 1.165) is 50.4 Å². The summed E-state index contributed by atoms with van der Waals surface area (Å²) in [7, 11) is 0. The minimum atomic E-state index is -0.648. The number of likely N-dealkylation sites (tertiary alicyclic amines) is 1. The summed E-state index contributed by atoms with van der Waals surface area (Å²) in [5, 5.41) is 11.1. The van der Waals surface area contributed by atoms with Gasteiger partial charge in [-0.2, -0.15) is 0 Å². The van der Waals surface area contributed by atoms with Gasteiger partial charge in [0.1, 0.15) is 5.76 Å². The summed E-state index contributed by atoms with van der Waals surface area (Å²) in [6, 6.07) is 10.7. The van der Waals surface area contributed by atoms with Crippen LogP contribution < -0.4 is 0 Å². The van der Waals surface area contributed by atoms with Gasteiger partial charge >= 0.3 is 0 Å². The highest BCUT2D eigenvalue weighted by Gasteiger charge is 2.45. The number of morpholine rings is 1. The van der Waals surface area contributed by atoms with Crippen molar-refractivity contribution in [3.8, 4) is 0 Å². The number of rotatable bonds is 6. The Morgan fingerprint density at radius 2 is 1.68 bits per heavy atom. The maximum absolute atomic E-state index is 13.2. The maximum atomic E-state index is 13.2. The van der Waals surface area contributed by atoms with Gasteiger partial charge in [-0.15, -0.1) is 0 Å². The lowest BCUT2D eigenvalue weighted by Gasteiger charge is -2.29. The number of hydrogen-bond acceptors (Lipinski definition) is 6. The number of aliphatic hydroxyl groups is 1. The van der Waals surface area contributed by atoms with E-state index in [0.29, 0.717) is 12.1 Å². The van der Waals surface area contributed by atoms with Gasteiger partial charge in [-0.3, -0.25) is 19.5 Å². The number of aromatic nitrogens is 1. The normalized spacial score (nSPS) is 21.3. The molecule has 3 heterocycles. The number of ether oxygens (including phenoxy) is 1. The number of nitrogens with zero attached hydrogens (tertiary/aromatic N) is 3. The van der Waals surface area contributed by atoms with Crippen molar-refractivity contribution in [2.24, 2.45) is 0 Å². The average molecular weight is 464 g/mol. The van der Waals surface area contributed by atoms with Crippen LogP contribution >= 0.6 is 0 Å². The molecule has 4 rings (SSSR count). The molecular formula is C27H33N3O4. The number of benzene rings is 1. The molecule has 2 aliphatic rings. The van der Waals surface area contributed by atoms with Gasteiger partial charge in [-0.05, 0) is 35.1 Å². The zero-order valence-corrected chi connectivity index (χ0v) is 20.2. The fourth-order valence-electron chi connectivity index (χ4n) is 4.58. The lowest BCUT2D eigenvalue weighted by Crippen LogP contribution is -2.39. The van der Waals surface area contributed by atoms with Crippen molar-refractivity contribution in [2.45, 2.75) is 38.6 Å². The van der Waals surface area contributed by atoms with Gasteiger partial charge in [-0.25, -0.2) is 0 Å². The van der Waals surface area contributed by atoms with Crippen LogP contribution in [0.25, 0.3) is 5.76 Å². The van der Waals surface area contributed by atoms with Crippen molar-refractivity contribution in [3.63, 3.8) is 0 Å². The zero-order chi connectivity index (χ0) is 24.3. The van der Waals surface area contributed by atoms with Gasteiger partial charge in [0.25, 0.3) is 11.7 Å². The second-order valence-corrected chi connectivity index (χ2v) is 9.91. The van der Waals surface area contributed by atoms with Crippen molar-refractivity contribution < 1.29 is 19.4 Å². The summed E-state index contributed by atoms with van der Waals surface area (Å²) in [5.74, 6) is -1.38. The quantitative estimate of drug-likeness (QED) is 0.401. The third-order valence-electron chi connectivity index (χ3n) is 6.56. The van der Waals surface area contributed by atoms with Crippen molar-refractivity contribution in [3.05, 3.63) is 71.1 Å². The predicted molar refractivity (Wildman–Crippen MR) is 130 cm³/mol. The molecule has 0 radical (unpaired) electrons. The van der Waals surface area contributed by atoms with Gasteiger partial charge in [0, 0.05) is 44.1 Å². The minimum Gasteiger partial charge on any atom is -0.507 e. The number of carbonyl (C=O) groups excluding carboxylic acids is 2. The van der Waals surface area contributed by atoms with Crippen LogP contribution in [0.3, 0.4) is 0 Å². The van der Waals surface area contributed by atoms with E-state index in [1.807, 2.05) is 24.3 Å². The lowest BCUT2D eigenvalue weighted by atomic mass is 9.85. The van der Waals surface area contributed by atoms with Crippen LogP contribution in [0.2, 0.25) is 0 Å². The molecule has 0 unspecified atom stereocenters. The summed E-state index contributed by atoms with van der Waals surface area (Å²) in [6.07, 6.45) is 3.85. The Hall–Kier alpha value is -3.03. The fraction of sp³-hybridized carbons (Fsp3) is 0.444. The van der Waals surface area contributed by atoms with Crippen LogP contribution in [0.4, 0.5) is 0 Å². The Morgan fingerprint density at radius 3 is 2.29 bits per heavy atom. The van der Waals surface area contributed by atoms with Gasteiger partial charge in [0.05, 0.1) is 24.8 Å². The first kappa shape index (κ1) is 24.1. The molecule has 180 valence electrons. The Morgan fingerprint density at radius 1 is 1.03 bits per heavy atom. The van der Waals surface area contributed by atoms with Crippen LogP contribution in [0, 0.1) is 0 Å². The molecule has 2 saturated heterocycles. The average Bonchev–Trinajstić information content (AvgIpc) is 3.09. The van der Waals surface area contributed by atoms with Crippen LogP contribution in [0.15, 0.2) is 54.4 Å². The number of amides is 1. The molecule has 0 spiro atoms. The van der Waals surface area contributed by atoms with Crippen molar-refractivity contribution in [1.29, 1.82) is 0 Å². The number of aliphatic hydroxyl groups excluding tert-OH is 1. The van der Waals surface area contributed by atoms with Gasteiger partial charge in [0.2, 0.25) is 0 Å². The molecule has 2 aromatic rings. The van der Waals surface area contributed by atoms with E-state index in [1.54, 1.807) is 29.4 Å². The number of hydrogen-bond donors (Lipinski definition) is 1. The van der Waals surface area contributed by atoms with Crippen LogP contribution in [-0.4, -0.2) is 71.0 Å². The third kappa shape index (κ3) is 5.05. The van der Waals surface area contributed by atoms with E-state index < -0.39 is 17.7 Å². The van der Waals surface area contributed by atoms with Crippen molar-refractivity contribution in [1.82, 2.24) is 14.8 Å². The van der Waals surface area contributed by atoms with Gasteiger partial charge in [-0.1, -0.05) is 45.0 Å². The summed E-state index contributed by atoms with van der Waals surface area (Å²) in [6.45, 7) is 10.9. The summed E-state index contributed by atoms with van der Waals surface area (Å²) < 4.78 is 5.41. The number of ketones is 1. The fourth-order valence-corrected chi connectivity index (χ4v) is 4.58. The molecule has 1 aromatic carbocycles. The van der Waals surface area contributed by atoms with Crippen molar-refractivity contribution >= 4 is 17.4 Å². The Labute approximate surface area is 201 Å². The third-order valence-corrected chi connectivity index (χ3v) is 6.56. The van der Waals surface area contributed by atoms with Crippen LogP contribution in [0.1, 0.15) is 49.9 Å². The summed E-state index contributed by atoms with van der Waals surface area (Å²) in [4.78, 5) is 34.2. The van der Waals surface area contributed by atoms with E-state index in [1.165, 1.54) is 0 Å².